The summed E-state index contributed by atoms with van der Waals surface area (Å²) in [5.74, 6) is 0.450. The van der Waals surface area contributed by atoms with Crippen molar-refractivity contribution < 1.29 is 18.0 Å². The molecule has 5 rings (SSSR count). The van der Waals surface area contributed by atoms with Gasteiger partial charge in [-0.25, -0.2) is 18.1 Å². The van der Waals surface area contributed by atoms with Gasteiger partial charge < -0.3 is 10.2 Å². The summed E-state index contributed by atoms with van der Waals surface area (Å²) in [7, 11) is -3.75. The highest BCUT2D eigenvalue weighted by molar-refractivity contribution is 7.89. The maximum atomic E-state index is 13.7. The lowest BCUT2D eigenvalue weighted by Gasteiger charge is -2.32. The van der Waals surface area contributed by atoms with Gasteiger partial charge in [0.05, 0.1) is 12.5 Å². The zero-order valence-corrected chi connectivity index (χ0v) is 22.4. The highest BCUT2D eigenvalue weighted by Gasteiger charge is 2.29. The zero-order valence-electron chi connectivity index (χ0n) is 21.6. The van der Waals surface area contributed by atoms with E-state index in [1.165, 1.54) is 41.7 Å². The van der Waals surface area contributed by atoms with Crippen LogP contribution in [0.4, 0.5) is 5.82 Å². The van der Waals surface area contributed by atoms with Gasteiger partial charge >= 0.3 is 0 Å². The van der Waals surface area contributed by atoms with E-state index in [1.807, 2.05) is 27.8 Å². The minimum Gasteiger partial charge on any atom is -0.369 e. The van der Waals surface area contributed by atoms with Crippen molar-refractivity contribution in [3.05, 3.63) is 59.4 Å². The normalized spacial score (nSPS) is 17.4. The van der Waals surface area contributed by atoms with Crippen LogP contribution >= 0.6 is 0 Å². The number of anilines is 1. The third kappa shape index (κ3) is 5.82. The van der Waals surface area contributed by atoms with Crippen LogP contribution in [0.25, 0.3) is 5.65 Å². The second-order valence-electron chi connectivity index (χ2n) is 10.4. The minimum atomic E-state index is -3.75. The van der Waals surface area contributed by atoms with E-state index < -0.39 is 15.9 Å². The summed E-state index contributed by atoms with van der Waals surface area (Å²) in [5, 5.41) is 7.78. The van der Waals surface area contributed by atoms with E-state index >= 15 is 0 Å². The Balaban J connectivity index is 1.41. The predicted octanol–water partition coefficient (Wildman–Crippen LogP) is 3.43. The molecule has 2 aromatic heterocycles. The van der Waals surface area contributed by atoms with Crippen LogP contribution in [-0.4, -0.2) is 65.6 Å². The summed E-state index contributed by atoms with van der Waals surface area (Å²) >= 11 is 0. The Labute approximate surface area is 222 Å². The molecule has 2 aliphatic rings. The fourth-order valence-electron chi connectivity index (χ4n) is 5.58. The molecular weight excluding hydrogens is 504 g/mol. The number of likely N-dealkylation sites (tertiary alicyclic amines) is 1. The van der Waals surface area contributed by atoms with Crippen LogP contribution in [0.3, 0.4) is 0 Å². The lowest BCUT2D eigenvalue weighted by molar-refractivity contribution is 0.0712. The first-order valence-electron chi connectivity index (χ1n) is 13.3. The highest BCUT2D eigenvalue weighted by Crippen LogP contribution is 2.30. The molecule has 202 valence electrons. The third-order valence-electron chi connectivity index (χ3n) is 7.62. The minimum absolute atomic E-state index is 0.0267. The van der Waals surface area contributed by atoms with Crippen molar-refractivity contribution >= 4 is 33.3 Å². The van der Waals surface area contributed by atoms with E-state index in [4.69, 9.17) is 0 Å². The number of fused-ring (bicyclic) bond motifs is 1. The largest absolute Gasteiger partial charge is 0.369 e. The molecule has 1 aromatic carbocycles. The molecule has 11 heteroatoms. The monoisotopic (exact) mass is 538 g/mol. The van der Waals surface area contributed by atoms with Gasteiger partial charge in [-0.15, -0.1) is 0 Å². The van der Waals surface area contributed by atoms with Gasteiger partial charge in [-0.3, -0.25) is 9.59 Å². The Hall–Kier alpha value is -3.47. The molecule has 0 unspecified atom stereocenters. The summed E-state index contributed by atoms with van der Waals surface area (Å²) in [4.78, 5) is 32.6. The number of hydrogen-bond acceptors (Lipinski definition) is 7. The third-order valence-corrected chi connectivity index (χ3v) is 8.17. The summed E-state index contributed by atoms with van der Waals surface area (Å²) in [6.07, 6.45) is 11.3. The molecule has 0 atom stereocenters. The quantitative estimate of drug-likeness (QED) is 0.472. The van der Waals surface area contributed by atoms with Gasteiger partial charge in [-0.1, -0.05) is 49.6 Å². The smallest absolute Gasteiger partial charge is 0.270 e. The number of benzene rings is 1. The number of hydrogen-bond donors (Lipinski definition) is 2. The molecule has 3 aromatic rings. The first-order valence-corrected chi connectivity index (χ1v) is 15.2. The number of rotatable bonds is 7. The van der Waals surface area contributed by atoms with Crippen molar-refractivity contribution in [1.82, 2.24) is 24.2 Å². The standard InChI is InChI=1S/C27H34N6O4S/c1-38(36,37)31-26(34)22-18-30-33-24(22)29-17-23(25(33)28-16-19-8-4-2-5-9-19)27(35)32-14-12-21(13-15-32)20-10-6-3-7-11-20/h3,6-7,10-11,17-19,21,28H,2,4-5,8-9,12-16H2,1H3,(H,31,34). The lowest BCUT2D eigenvalue weighted by Crippen LogP contribution is -2.38. The van der Waals surface area contributed by atoms with Crippen molar-refractivity contribution in [3.8, 4) is 0 Å². The predicted molar refractivity (Wildman–Crippen MR) is 145 cm³/mol. The topological polar surface area (TPSA) is 126 Å². The first kappa shape index (κ1) is 26.1. The van der Waals surface area contributed by atoms with Gasteiger partial charge in [0.2, 0.25) is 10.0 Å². The average Bonchev–Trinajstić information content (AvgIpc) is 3.36. The summed E-state index contributed by atoms with van der Waals surface area (Å²) in [6.45, 7) is 1.96. The summed E-state index contributed by atoms with van der Waals surface area (Å²) < 4.78 is 26.6. The highest BCUT2D eigenvalue weighted by atomic mass is 32.2. The number of carbonyl (C=O) groups excluding carboxylic acids is 2. The van der Waals surface area contributed by atoms with Gasteiger partial charge in [-0.05, 0) is 43.1 Å². The average molecular weight is 539 g/mol. The van der Waals surface area contributed by atoms with E-state index in [9.17, 15) is 18.0 Å². The Morgan fingerprint density at radius 3 is 2.37 bits per heavy atom. The van der Waals surface area contributed by atoms with Crippen LogP contribution in [0.1, 0.15) is 77.1 Å². The van der Waals surface area contributed by atoms with Crippen molar-refractivity contribution in [3.63, 3.8) is 0 Å². The van der Waals surface area contributed by atoms with Gasteiger partial charge in [0.1, 0.15) is 16.9 Å². The van der Waals surface area contributed by atoms with Crippen LogP contribution < -0.4 is 10.0 Å². The fraction of sp³-hybridized carbons (Fsp3) is 0.481. The SMILES string of the molecule is CS(=O)(=O)NC(=O)c1cnn2c(NCC3CCCCC3)c(C(=O)N3CCC(c4ccccc4)CC3)cnc12. The van der Waals surface area contributed by atoms with E-state index in [-0.39, 0.29) is 17.1 Å². The first-order chi connectivity index (χ1) is 18.3. The maximum absolute atomic E-state index is 13.7. The molecule has 38 heavy (non-hydrogen) atoms. The van der Waals surface area contributed by atoms with Gasteiger partial charge in [0, 0.05) is 25.8 Å². The Bertz CT molecular complexity index is 1410. The molecular formula is C27H34N6O4S. The van der Waals surface area contributed by atoms with Crippen LogP contribution in [0.2, 0.25) is 0 Å². The van der Waals surface area contributed by atoms with Crippen molar-refractivity contribution in [2.75, 3.05) is 31.2 Å². The van der Waals surface area contributed by atoms with Crippen LogP contribution in [0.15, 0.2) is 42.7 Å². The molecule has 2 amide bonds. The van der Waals surface area contributed by atoms with Crippen molar-refractivity contribution in [1.29, 1.82) is 0 Å². The maximum Gasteiger partial charge on any atom is 0.270 e. The van der Waals surface area contributed by atoms with E-state index in [1.54, 1.807) is 0 Å². The van der Waals surface area contributed by atoms with Crippen LogP contribution in [-0.2, 0) is 10.0 Å². The van der Waals surface area contributed by atoms with Gasteiger partial charge in [0.15, 0.2) is 5.65 Å². The second-order valence-corrected chi connectivity index (χ2v) is 12.1. The Morgan fingerprint density at radius 1 is 0.974 bits per heavy atom. The van der Waals surface area contributed by atoms with Crippen molar-refractivity contribution in [2.45, 2.75) is 50.9 Å². The van der Waals surface area contributed by atoms with E-state index in [0.29, 0.717) is 42.9 Å². The molecule has 1 saturated heterocycles. The number of carbonyl (C=O) groups is 2. The Morgan fingerprint density at radius 2 is 1.68 bits per heavy atom. The second kappa shape index (κ2) is 11.1. The molecule has 1 aliphatic carbocycles. The Kier molecular flexibility index (Phi) is 7.64. The van der Waals surface area contributed by atoms with E-state index in [0.717, 1.165) is 31.9 Å². The molecule has 2 fully saturated rings. The van der Waals surface area contributed by atoms with E-state index in [2.05, 4.69) is 27.5 Å². The molecule has 0 bridgehead atoms. The molecule has 2 N–H and O–H groups in total. The fourth-order valence-corrected chi connectivity index (χ4v) is 6.03. The van der Waals surface area contributed by atoms with Gasteiger partial charge in [0.25, 0.3) is 11.8 Å². The summed E-state index contributed by atoms with van der Waals surface area (Å²) in [5.41, 5.74) is 1.91. The molecule has 1 saturated carbocycles. The molecule has 0 spiro atoms. The van der Waals surface area contributed by atoms with Crippen molar-refractivity contribution in [2.24, 2.45) is 5.92 Å². The number of piperidine rings is 1. The number of amides is 2. The number of nitrogens with one attached hydrogen (secondary N) is 2. The number of aromatic nitrogens is 3. The van der Waals surface area contributed by atoms with Crippen LogP contribution in [0, 0.1) is 5.92 Å². The number of sulfonamides is 1. The van der Waals surface area contributed by atoms with Crippen LogP contribution in [0.5, 0.6) is 0 Å². The lowest BCUT2D eigenvalue weighted by atomic mass is 9.89. The molecule has 3 heterocycles. The molecule has 10 nitrogen and oxygen atoms in total. The number of nitrogens with zero attached hydrogens (tertiary/aromatic N) is 4. The molecule has 1 aliphatic heterocycles. The molecule has 0 radical (unpaired) electrons. The van der Waals surface area contributed by atoms with Gasteiger partial charge in [-0.2, -0.15) is 9.61 Å². The summed E-state index contributed by atoms with van der Waals surface area (Å²) in [6, 6.07) is 10.4. The zero-order chi connectivity index (χ0) is 26.7.